The van der Waals surface area contributed by atoms with Crippen molar-refractivity contribution in [3.8, 4) is 0 Å². The molecule has 0 saturated carbocycles. The van der Waals surface area contributed by atoms with E-state index in [4.69, 9.17) is 4.74 Å². The van der Waals surface area contributed by atoms with Crippen LogP contribution in [0.15, 0.2) is 0 Å². The van der Waals surface area contributed by atoms with E-state index in [9.17, 15) is 4.79 Å². The van der Waals surface area contributed by atoms with E-state index in [-0.39, 0.29) is 5.92 Å². The maximum absolute atomic E-state index is 11.7. The Bertz CT molecular complexity index is 181. The minimum Gasteiger partial charge on any atom is -0.381 e. The Morgan fingerprint density at radius 1 is 1.46 bits per heavy atom. The predicted molar refractivity (Wildman–Crippen MR) is 49.6 cm³/mol. The Balaban J connectivity index is 1.76. The average Bonchev–Trinajstić information content (AvgIpc) is 2.74. The summed E-state index contributed by atoms with van der Waals surface area (Å²) in [5, 5.41) is 3.35. The first-order chi connectivity index (χ1) is 6.36. The van der Waals surface area contributed by atoms with Crippen molar-refractivity contribution < 1.29 is 9.53 Å². The molecule has 2 fully saturated rings. The Labute approximate surface area is 78.8 Å². The molecular formula is C10H17NO2. The normalized spacial score (nSPS) is 33.8. The molecule has 2 unspecified atom stereocenters. The Kier molecular flexibility index (Phi) is 2.96. The average molecular weight is 183 g/mol. The number of nitrogens with one attached hydrogen (secondary N) is 1. The van der Waals surface area contributed by atoms with Gasteiger partial charge in [0.1, 0.15) is 5.78 Å². The summed E-state index contributed by atoms with van der Waals surface area (Å²) >= 11 is 0. The summed E-state index contributed by atoms with van der Waals surface area (Å²) in [6, 6.07) is 0.452. The van der Waals surface area contributed by atoms with Gasteiger partial charge in [0.15, 0.2) is 0 Å². The summed E-state index contributed by atoms with van der Waals surface area (Å²) in [4.78, 5) is 11.7. The number of hydrogen-bond acceptors (Lipinski definition) is 3. The van der Waals surface area contributed by atoms with Gasteiger partial charge >= 0.3 is 0 Å². The molecule has 2 atom stereocenters. The third-order valence-electron chi connectivity index (χ3n) is 2.99. The van der Waals surface area contributed by atoms with Gasteiger partial charge in [-0.1, -0.05) is 0 Å². The number of ether oxygens (including phenoxy) is 1. The molecule has 0 aliphatic carbocycles. The zero-order valence-electron chi connectivity index (χ0n) is 7.92. The molecule has 0 aromatic rings. The Morgan fingerprint density at radius 2 is 2.38 bits per heavy atom. The fourth-order valence-corrected chi connectivity index (χ4v) is 2.13. The third-order valence-corrected chi connectivity index (χ3v) is 2.99. The highest BCUT2D eigenvalue weighted by Crippen LogP contribution is 2.18. The molecule has 1 N–H and O–H groups in total. The van der Waals surface area contributed by atoms with Crippen molar-refractivity contribution in [3.63, 3.8) is 0 Å². The van der Waals surface area contributed by atoms with Gasteiger partial charge in [0.05, 0.1) is 6.61 Å². The topological polar surface area (TPSA) is 38.3 Å². The molecule has 0 aromatic heterocycles. The number of carbonyl (C=O) groups excluding carboxylic acids is 1. The summed E-state index contributed by atoms with van der Waals surface area (Å²) in [7, 11) is 0. The molecular weight excluding hydrogens is 166 g/mol. The summed E-state index contributed by atoms with van der Waals surface area (Å²) in [6.07, 6.45) is 4.04. The van der Waals surface area contributed by atoms with Gasteiger partial charge in [-0.3, -0.25) is 4.79 Å². The maximum Gasteiger partial charge on any atom is 0.139 e. The second-order valence-corrected chi connectivity index (χ2v) is 4.02. The van der Waals surface area contributed by atoms with E-state index in [1.165, 1.54) is 12.8 Å². The molecule has 13 heavy (non-hydrogen) atoms. The van der Waals surface area contributed by atoms with Gasteiger partial charge < -0.3 is 10.1 Å². The Morgan fingerprint density at radius 3 is 3.00 bits per heavy atom. The zero-order valence-corrected chi connectivity index (χ0v) is 7.92. The van der Waals surface area contributed by atoms with Gasteiger partial charge in [0.25, 0.3) is 0 Å². The molecule has 0 amide bonds. The molecule has 3 nitrogen and oxygen atoms in total. The molecule has 0 bridgehead atoms. The van der Waals surface area contributed by atoms with Crippen LogP contribution >= 0.6 is 0 Å². The van der Waals surface area contributed by atoms with Crippen LogP contribution in [0, 0.1) is 5.92 Å². The van der Waals surface area contributed by atoms with Gasteiger partial charge in [-0.05, 0) is 25.8 Å². The smallest absolute Gasteiger partial charge is 0.139 e. The molecule has 2 rings (SSSR count). The van der Waals surface area contributed by atoms with Crippen molar-refractivity contribution in [1.82, 2.24) is 5.32 Å². The van der Waals surface area contributed by atoms with Gasteiger partial charge in [-0.25, -0.2) is 0 Å². The quantitative estimate of drug-likeness (QED) is 0.701. The van der Waals surface area contributed by atoms with Gasteiger partial charge in [-0.15, -0.1) is 0 Å². The second-order valence-electron chi connectivity index (χ2n) is 4.02. The number of Topliss-reactive ketones (excluding diaryl/α,β-unsaturated/α-hetero) is 1. The summed E-state index contributed by atoms with van der Waals surface area (Å²) < 4.78 is 5.20. The lowest BCUT2D eigenvalue weighted by atomic mass is 9.97. The van der Waals surface area contributed by atoms with Gasteiger partial charge in [0.2, 0.25) is 0 Å². The zero-order chi connectivity index (χ0) is 9.10. The molecule has 0 radical (unpaired) electrons. The minimum atomic E-state index is 0.197. The highest BCUT2D eigenvalue weighted by atomic mass is 16.5. The molecule has 74 valence electrons. The highest BCUT2D eigenvalue weighted by molar-refractivity contribution is 5.81. The van der Waals surface area contributed by atoms with Crippen LogP contribution in [0.25, 0.3) is 0 Å². The lowest BCUT2D eigenvalue weighted by Crippen LogP contribution is -2.27. The Hall–Kier alpha value is -0.410. The summed E-state index contributed by atoms with van der Waals surface area (Å²) in [5.74, 6) is 0.597. The first-order valence-corrected chi connectivity index (χ1v) is 5.20. The van der Waals surface area contributed by atoms with Crippen molar-refractivity contribution >= 4 is 5.78 Å². The van der Waals surface area contributed by atoms with Crippen molar-refractivity contribution in [1.29, 1.82) is 0 Å². The first kappa shape index (κ1) is 9.16. The van der Waals surface area contributed by atoms with Crippen molar-refractivity contribution in [2.45, 2.75) is 31.7 Å². The third kappa shape index (κ3) is 2.29. The molecule has 2 saturated heterocycles. The fourth-order valence-electron chi connectivity index (χ4n) is 2.13. The molecule has 2 heterocycles. The molecule has 0 aromatic carbocycles. The van der Waals surface area contributed by atoms with E-state index in [0.717, 1.165) is 19.6 Å². The van der Waals surface area contributed by atoms with E-state index in [0.29, 0.717) is 24.9 Å². The van der Waals surface area contributed by atoms with E-state index in [2.05, 4.69) is 5.32 Å². The van der Waals surface area contributed by atoms with Crippen LogP contribution in [0.4, 0.5) is 0 Å². The van der Waals surface area contributed by atoms with Crippen LogP contribution in [0.3, 0.4) is 0 Å². The molecule has 2 aliphatic rings. The minimum absolute atomic E-state index is 0.197. The van der Waals surface area contributed by atoms with Crippen molar-refractivity contribution in [3.05, 3.63) is 0 Å². The van der Waals surface area contributed by atoms with Crippen LogP contribution in [0.1, 0.15) is 25.7 Å². The van der Waals surface area contributed by atoms with Crippen LogP contribution < -0.4 is 5.32 Å². The summed E-state index contributed by atoms with van der Waals surface area (Å²) in [5.41, 5.74) is 0. The van der Waals surface area contributed by atoms with Crippen LogP contribution in [0.2, 0.25) is 0 Å². The molecule has 2 aliphatic heterocycles. The van der Waals surface area contributed by atoms with Crippen LogP contribution in [0.5, 0.6) is 0 Å². The maximum atomic E-state index is 11.7. The standard InChI is InChI=1S/C10H17NO2/c12-10(8-3-5-13-7-8)6-9-2-1-4-11-9/h8-9,11H,1-7H2. The predicted octanol–water partition coefficient (Wildman–Crippen LogP) is 0.734. The van der Waals surface area contributed by atoms with Gasteiger partial charge in [0, 0.05) is 25.0 Å². The van der Waals surface area contributed by atoms with E-state index < -0.39 is 0 Å². The van der Waals surface area contributed by atoms with Crippen molar-refractivity contribution in [2.24, 2.45) is 5.92 Å². The van der Waals surface area contributed by atoms with Crippen molar-refractivity contribution in [2.75, 3.05) is 19.8 Å². The van der Waals surface area contributed by atoms with Crippen LogP contribution in [-0.2, 0) is 9.53 Å². The number of ketones is 1. The SMILES string of the molecule is O=C(CC1CCCN1)C1CCOC1. The van der Waals surface area contributed by atoms with Crippen LogP contribution in [-0.4, -0.2) is 31.6 Å². The van der Waals surface area contributed by atoms with E-state index in [1.807, 2.05) is 0 Å². The molecule has 0 spiro atoms. The van der Waals surface area contributed by atoms with Gasteiger partial charge in [-0.2, -0.15) is 0 Å². The van der Waals surface area contributed by atoms with E-state index >= 15 is 0 Å². The first-order valence-electron chi connectivity index (χ1n) is 5.20. The highest BCUT2D eigenvalue weighted by Gasteiger charge is 2.26. The number of hydrogen-bond donors (Lipinski definition) is 1. The summed E-state index contributed by atoms with van der Waals surface area (Å²) in [6.45, 7) is 2.51. The second kappa shape index (κ2) is 4.20. The fraction of sp³-hybridized carbons (Fsp3) is 0.900. The number of rotatable bonds is 3. The largest absolute Gasteiger partial charge is 0.381 e. The number of carbonyl (C=O) groups is 1. The van der Waals surface area contributed by atoms with E-state index in [1.54, 1.807) is 0 Å². The monoisotopic (exact) mass is 183 g/mol. The molecule has 3 heteroatoms. The lowest BCUT2D eigenvalue weighted by molar-refractivity contribution is -0.123. The lowest BCUT2D eigenvalue weighted by Gasteiger charge is -2.11.